The summed E-state index contributed by atoms with van der Waals surface area (Å²) in [5.74, 6) is 0.473. The van der Waals surface area contributed by atoms with E-state index >= 15 is 0 Å². The second kappa shape index (κ2) is 7.16. The van der Waals surface area contributed by atoms with Gasteiger partial charge in [-0.25, -0.2) is 0 Å². The summed E-state index contributed by atoms with van der Waals surface area (Å²) in [7, 11) is 0. The molecule has 0 atom stereocenters. The number of hydrogen-bond donors (Lipinski definition) is 1. The minimum absolute atomic E-state index is 0.0144. The molecule has 1 amide bonds. The van der Waals surface area contributed by atoms with Gasteiger partial charge in [-0.1, -0.05) is 30.3 Å². The van der Waals surface area contributed by atoms with E-state index in [0.29, 0.717) is 12.3 Å². The van der Waals surface area contributed by atoms with Gasteiger partial charge in [0.1, 0.15) is 5.75 Å². The van der Waals surface area contributed by atoms with E-state index in [9.17, 15) is 4.79 Å². The molecule has 0 aliphatic carbocycles. The molecular formula is C15H16N2O2. The second-order valence-electron chi connectivity index (χ2n) is 4.06. The van der Waals surface area contributed by atoms with Crippen molar-refractivity contribution in [1.82, 2.24) is 10.3 Å². The minimum Gasteiger partial charge on any atom is -0.482 e. The third-order valence-electron chi connectivity index (χ3n) is 2.58. The number of pyridine rings is 1. The summed E-state index contributed by atoms with van der Waals surface area (Å²) in [5.41, 5.74) is 1.20. The summed E-state index contributed by atoms with van der Waals surface area (Å²) in [6, 6.07) is 13.6. The Morgan fingerprint density at radius 2 is 2.00 bits per heavy atom. The number of benzene rings is 1. The maximum absolute atomic E-state index is 11.6. The molecule has 1 aromatic carbocycles. The fraction of sp³-hybridized carbons (Fsp3) is 0.200. The summed E-state index contributed by atoms with van der Waals surface area (Å²) in [6.07, 6.45) is 4.06. The van der Waals surface area contributed by atoms with Crippen LogP contribution in [-0.2, 0) is 11.2 Å². The van der Waals surface area contributed by atoms with Gasteiger partial charge in [0.25, 0.3) is 5.91 Å². The van der Waals surface area contributed by atoms with Crippen LogP contribution in [0.1, 0.15) is 5.56 Å². The van der Waals surface area contributed by atoms with Crippen LogP contribution in [-0.4, -0.2) is 24.0 Å². The smallest absolute Gasteiger partial charge is 0.257 e. The molecule has 0 unspecified atom stereocenters. The summed E-state index contributed by atoms with van der Waals surface area (Å²) in [5, 5.41) is 2.82. The van der Waals surface area contributed by atoms with Crippen LogP contribution < -0.4 is 10.1 Å². The van der Waals surface area contributed by atoms with Crippen LogP contribution in [0.25, 0.3) is 0 Å². The lowest BCUT2D eigenvalue weighted by Gasteiger charge is -2.07. The fourth-order valence-corrected chi connectivity index (χ4v) is 1.62. The Bertz CT molecular complexity index is 500. The Balaban J connectivity index is 1.65. The van der Waals surface area contributed by atoms with Crippen molar-refractivity contribution in [2.24, 2.45) is 0 Å². The Labute approximate surface area is 112 Å². The van der Waals surface area contributed by atoms with Gasteiger partial charge in [-0.2, -0.15) is 0 Å². The molecule has 0 radical (unpaired) electrons. The van der Waals surface area contributed by atoms with E-state index in [4.69, 9.17) is 4.74 Å². The highest BCUT2D eigenvalue weighted by Gasteiger charge is 2.02. The average Bonchev–Trinajstić information content (AvgIpc) is 2.47. The predicted molar refractivity (Wildman–Crippen MR) is 72.9 cm³/mol. The van der Waals surface area contributed by atoms with Gasteiger partial charge in [0.15, 0.2) is 6.61 Å². The van der Waals surface area contributed by atoms with Crippen LogP contribution in [0, 0.1) is 0 Å². The van der Waals surface area contributed by atoms with Crippen molar-refractivity contribution in [3.63, 3.8) is 0 Å². The summed E-state index contributed by atoms with van der Waals surface area (Å²) in [4.78, 5) is 15.5. The Morgan fingerprint density at radius 1 is 1.16 bits per heavy atom. The van der Waals surface area contributed by atoms with Gasteiger partial charge in [-0.3, -0.25) is 9.78 Å². The van der Waals surface area contributed by atoms with Crippen LogP contribution >= 0.6 is 0 Å². The molecule has 1 aromatic heterocycles. The maximum atomic E-state index is 11.6. The van der Waals surface area contributed by atoms with E-state index in [1.807, 2.05) is 30.3 Å². The lowest BCUT2D eigenvalue weighted by molar-refractivity contribution is -0.123. The number of ether oxygens (including phenoxy) is 1. The number of carbonyl (C=O) groups excluding carboxylic acids is 1. The van der Waals surface area contributed by atoms with E-state index in [2.05, 4.69) is 10.3 Å². The molecule has 0 aliphatic rings. The van der Waals surface area contributed by atoms with Crippen LogP contribution in [0.5, 0.6) is 5.75 Å². The van der Waals surface area contributed by atoms with Crippen molar-refractivity contribution in [3.05, 3.63) is 60.4 Å². The number of hydrogen-bond acceptors (Lipinski definition) is 3. The number of aromatic nitrogens is 1. The predicted octanol–water partition coefficient (Wildman–Crippen LogP) is 1.82. The lowest BCUT2D eigenvalue weighted by atomic mass is 10.1. The van der Waals surface area contributed by atoms with E-state index in [0.717, 1.165) is 6.42 Å². The summed E-state index contributed by atoms with van der Waals surface area (Å²) >= 11 is 0. The van der Waals surface area contributed by atoms with Gasteiger partial charge >= 0.3 is 0 Å². The molecule has 4 heteroatoms. The molecule has 1 N–H and O–H groups in total. The zero-order valence-electron chi connectivity index (χ0n) is 10.6. The average molecular weight is 256 g/mol. The summed E-state index contributed by atoms with van der Waals surface area (Å²) in [6.45, 7) is 0.625. The van der Waals surface area contributed by atoms with E-state index in [-0.39, 0.29) is 12.5 Å². The SMILES string of the molecule is O=C(COc1cccnc1)NCCc1ccccc1. The number of nitrogens with one attached hydrogen (secondary N) is 1. The quantitative estimate of drug-likeness (QED) is 0.857. The van der Waals surface area contributed by atoms with Crippen LogP contribution in [0.15, 0.2) is 54.9 Å². The monoisotopic (exact) mass is 256 g/mol. The molecular weight excluding hydrogens is 240 g/mol. The lowest BCUT2D eigenvalue weighted by Crippen LogP contribution is -2.30. The molecule has 0 aliphatic heterocycles. The Hall–Kier alpha value is -2.36. The third kappa shape index (κ3) is 4.79. The molecule has 19 heavy (non-hydrogen) atoms. The van der Waals surface area contributed by atoms with E-state index in [1.54, 1.807) is 24.5 Å². The number of carbonyl (C=O) groups is 1. The van der Waals surface area contributed by atoms with E-state index < -0.39 is 0 Å². The van der Waals surface area contributed by atoms with Gasteiger partial charge in [0, 0.05) is 12.7 Å². The molecule has 0 spiro atoms. The molecule has 98 valence electrons. The third-order valence-corrected chi connectivity index (χ3v) is 2.58. The Morgan fingerprint density at radius 3 is 2.74 bits per heavy atom. The number of rotatable bonds is 6. The molecule has 0 bridgehead atoms. The first kappa shape index (κ1) is 13.1. The van der Waals surface area contributed by atoms with Gasteiger partial charge in [-0.05, 0) is 24.1 Å². The highest BCUT2D eigenvalue weighted by atomic mass is 16.5. The van der Waals surface area contributed by atoms with E-state index in [1.165, 1.54) is 5.56 Å². The van der Waals surface area contributed by atoms with Gasteiger partial charge in [0.2, 0.25) is 0 Å². The topological polar surface area (TPSA) is 51.2 Å². The maximum Gasteiger partial charge on any atom is 0.257 e. The Kier molecular flexibility index (Phi) is 4.93. The molecule has 1 heterocycles. The first-order valence-electron chi connectivity index (χ1n) is 6.18. The van der Waals surface area contributed by atoms with Crippen molar-refractivity contribution in [2.75, 3.05) is 13.2 Å². The van der Waals surface area contributed by atoms with Crippen molar-refractivity contribution >= 4 is 5.91 Å². The van der Waals surface area contributed by atoms with Gasteiger partial charge in [-0.15, -0.1) is 0 Å². The fourth-order valence-electron chi connectivity index (χ4n) is 1.62. The number of amides is 1. The van der Waals surface area contributed by atoms with Gasteiger partial charge < -0.3 is 10.1 Å². The normalized spacial score (nSPS) is 9.89. The molecule has 2 rings (SSSR count). The number of nitrogens with zero attached hydrogens (tertiary/aromatic N) is 1. The molecule has 0 fully saturated rings. The van der Waals surface area contributed by atoms with Crippen LogP contribution in [0.4, 0.5) is 0 Å². The molecule has 2 aromatic rings. The minimum atomic E-state index is -0.125. The van der Waals surface area contributed by atoms with Crippen molar-refractivity contribution < 1.29 is 9.53 Å². The van der Waals surface area contributed by atoms with Crippen LogP contribution in [0.3, 0.4) is 0 Å². The zero-order chi connectivity index (χ0) is 13.3. The standard InChI is InChI=1S/C15H16N2O2/c18-15(12-19-14-7-4-9-16-11-14)17-10-8-13-5-2-1-3-6-13/h1-7,9,11H,8,10,12H2,(H,17,18). The molecule has 0 saturated carbocycles. The van der Waals surface area contributed by atoms with Crippen molar-refractivity contribution in [2.45, 2.75) is 6.42 Å². The van der Waals surface area contributed by atoms with Crippen molar-refractivity contribution in [3.8, 4) is 5.75 Å². The second-order valence-corrected chi connectivity index (χ2v) is 4.06. The summed E-state index contributed by atoms with van der Waals surface area (Å²) < 4.78 is 5.30. The zero-order valence-corrected chi connectivity index (χ0v) is 10.6. The molecule has 0 saturated heterocycles. The first-order valence-corrected chi connectivity index (χ1v) is 6.18. The highest BCUT2D eigenvalue weighted by Crippen LogP contribution is 2.05. The largest absolute Gasteiger partial charge is 0.482 e. The molecule has 4 nitrogen and oxygen atoms in total. The van der Waals surface area contributed by atoms with Gasteiger partial charge in [0.05, 0.1) is 6.20 Å². The van der Waals surface area contributed by atoms with Crippen molar-refractivity contribution in [1.29, 1.82) is 0 Å². The van der Waals surface area contributed by atoms with Crippen LogP contribution in [0.2, 0.25) is 0 Å². The first-order chi connectivity index (χ1) is 9.34. The highest BCUT2D eigenvalue weighted by molar-refractivity contribution is 5.77.